The molecule has 29 heavy (non-hydrogen) atoms. The fourth-order valence-corrected chi connectivity index (χ4v) is 3.69. The van der Waals surface area contributed by atoms with E-state index in [0.29, 0.717) is 5.92 Å². The first-order valence-electron chi connectivity index (χ1n) is 9.68. The molecule has 0 atom stereocenters. The molecule has 8 bridgehead atoms. The van der Waals surface area contributed by atoms with E-state index in [1.54, 1.807) is 0 Å². The fraction of sp³-hybridized carbons (Fsp3) is 0.167. The zero-order chi connectivity index (χ0) is 19.1. The van der Waals surface area contributed by atoms with Gasteiger partial charge in [-0.2, -0.15) is 0 Å². The van der Waals surface area contributed by atoms with E-state index in [0.717, 1.165) is 51.3 Å². The van der Waals surface area contributed by atoms with E-state index >= 15 is 0 Å². The van der Waals surface area contributed by atoms with Gasteiger partial charge in [-0.1, -0.05) is 13.8 Å². The largest absolute Gasteiger partial charge is 0.355 e. The second kappa shape index (κ2) is 7.84. The minimum Gasteiger partial charge on any atom is -0.355 e. The number of nitrogens with one attached hydrogen (secondary N) is 2. The Balaban J connectivity index is 0.00000205. The van der Waals surface area contributed by atoms with Gasteiger partial charge < -0.3 is 9.97 Å². The molecule has 3 aromatic heterocycles. The summed E-state index contributed by atoms with van der Waals surface area (Å²) in [6, 6.07) is 14.8. The third-order valence-electron chi connectivity index (χ3n) is 4.88. The summed E-state index contributed by atoms with van der Waals surface area (Å²) in [5.74, 6) is 0.588. The third-order valence-corrected chi connectivity index (χ3v) is 4.88. The number of aromatic amines is 2. The predicted octanol–water partition coefficient (Wildman–Crippen LogP) is 5.85. The van der Waals surface area contributed by atoms with E-state index in [2.05, 4.69) is 71.3 Å². The first kappa shape index (κ1) is 19.4. The Hall–Kier alpha value is -2.91. The van der Waals surface area contributed by atoms with Gasteiger partial charge in [-0.05, 0) is 84.7 Å². The summed E-state index contributed by atoms with van der Waals surface area (Å²) >= 11 is 0. The van der Waals surface area contributed by atoms with Gasteiger partial charge in [-0.3, -0.25) is 0 Å². The Morgan fingerprint density at radius 2 is 1.28 bits per heavy atom. The zero-order valence-electron chi connectivity index (χ0n) is 16.3. The van der Waals surface area contributed by atoms with Crippen LogP contribution in [0.25, 0.3) is 46.4 Å². The summed E-state index contributed by atoms with van der Waals surface area (Å²) in [6.45, 7) is 4.50. The number of fused-ring (bicyclic) bond motifs is 8. The summed E-state index contributed by atoms with van der Waals surface area (Å²) in [5, 5.41) is 0. The van der Waals surface area contributed by atoms with Crippen molar-refractivity contribution in [2.24, 2.45) is 5.92 Å². The second-order valence-electron chi connectivity index (χ2n) is 7.80. The quantitative estimate of drug-likeness (QED) is 0.349. The number of nitrogens with zero attached hydrogens (tertiary/aromatic N) is 2. The van der Waals surface area contributed by atoms with E-state index in [4.69, 9.17) is 4.98 Å². The molecule has 2 N–H and O–H groups in total. The van der Waals surface area contributed by atoms with Gasteiger partial charge in [0.05, 0.1) is 22.8 Å². The van der Waals surface area contributed by atoms with Crippen molar-refractivity contribution >= 4 is 46.4 Å². The predicted molar refractivity (Wildman–Crippen MR) is 117 cm³/mol. The van der Waals surface area contributed by atoms with Crippen LogP contribution in [0.15, 0.2) is 42.5 Å². The molecule has 5 heteroatoms. The van der Waals surface area contributed by atoms with Crippen molar-refractivity contribution in [1.29, 1.82) is 0 Å². The van der Waals surface area contributed by atoms with Gasteiger partial charge in [0, 0.05) is 38.6 Å². The standard InChI is InChI=1S/C24H22N4.Ni/c1-15(2)9-16-10-23-13-21-6-5-19(26-21)11-17-3-4-18(25-17)12-20-7-8-22(27-20)14-24(16)28-23;/h3-8,10-15,26,28H,9H2,1-2H3;. The number of aromatic nitrogens is 4. The minimum absolute atomic E-state index is 0. The van der Waals surface area contributed by atoms with E-state index < -0.39 is 0 Å². The Kier molecular flexibility index (Phi) is 5.25. The molecule has 4 nitrogen and oxygen atoms in total. The molecule has 0 aromatic carbocycles. The van der Waals surface area contributed by atoms with Gasteiger partial charge in [-0.15, -0.1) is 0 Å². The van der Waals surface area contributed by atoms with Crippen LogP contribution in [0.2, 0.25) is 0 Å². The maximum Gasteiger partial charge on any atom is 0.0659 e. The molecular formula is C24H22N4Ni. The molecule has 0 radical (unpaired) electrons. The average Bonchev–Trinajstić information content (AvgIpc) is 3.40. The van der Waals surface area contributed by atoms with Crippen LogP contribution in [0.4, 0.5) is 0 Å². The van der Waals surface area contributed by atoms with Crippen molar-refractivity contribution in [2.75, 3.05) is 0 Å². The molecule has 0 fully saturated rings. The molecule has 148 valence electrons. The zero-order valence-corrected chi connectivity index (χ0v) is 17.3. The molecular weight excluding hydrogens is 403 g/mol. The van der Waals surface area contributed by atoms with E-state index in [-0.39, 0.29) is 16.5 Å². The Morgan fingerprint density at radius 3 is 1.93 bits per heavy atom. The van der Waals surface area contributed by atoms with Crippen LogP contribution in [-0.4, -0.2) is 19.9 Å². The topological polar surface area (TPSA) is 57.4 Å². The van der Waals surface area contributed by atoms with Crippen LogP contribution in [-0.2, 0) is 22.9 Å². The molecule has 2 aliphatic rings. The van der Waals surface area contributed by atoms with Crippen LogP contribution in [0, 0.1) is 5.92 Å². The molecule has 5 heterocycles. The molecule has 0 unspecified atom stereocenters. The molecule has 0 aliphatic carbocycles. The maximum absolute atomic E-state index is 4.74. The van der Waals surface area contributed by atoms with Crippen molar-refractivity contribution < 1.29 is 16.5 Å². The first-order valence-corrected chi connectivity index (χ1v) is 9.68. The number of hydrogen-bond donors (Lipinski definition) is 2. The van der Waals surface area contributed by atoms with Crippen LogP contribution in [0.1, 0.15) is 42.2 Å². The maximum atomic E-state index is 4.74. The van der Waals surface area contributed by atoms with E-state index in [1.807, 2.05) is 24.3 Å². The average molecular weight is 425 g/mol. The molecule has 5 rings (SSSR count). The molecule has 0 saturated carbocycles. The van der Waals surface area contributed by atoms with Crippen molar-refractivity contribution in [2.45, 2.75) is 20.3 Å². The molecule has 0 saturated heterocycles. The van der Waals surface area contributed by atoms with Gasteiger partial charge in [0.15, 0.2) is 0 Å². The SMILES string of the molecule is CC(C)Cc1cc2cc3ccc(cc4nc(cc5nc(cc1[nH]2)C=C5)C=C4)[nH]3.[Ni]. The van der Waals surface area contributed by atoms with Crippen molar-refractivity contribution in [3.05, 3.63) is 70.8 Å². The smallest absolute Gasteiger partial charge is 0.0659 e. The van der Waals surface area contributed by atoms with Gasteiger partial charge in [0.25, 0.3) is 0 Å². The van der Waals surface area contributed by atoms with Crippen LogP contribution < -0.4 is 0 Å². The summed E-state index contributed by atoms with van der Waals surface area (Å²) in [6.07, 6.45) is 9.17. The van der Waals surface area contributed by atoms with Crippen molar-refractivity contribution in [1.82, 2.24) is 19.9 Å². The summed E-state index contributed by atoms with van der Waals surface area (Å²) < 4.78 is 0. The fourth-order valence-electron chi connectivity index (χ4n) is 3.69. The van der Waals surface area contributed by atoms with E-state index in [1.165, 1.54) is 5.56 Å². The van der Waals surface area contributed by atoms with Gasteiger partial charge >= 0.3 is 0 Å². The van der Waals surface area contributed by atoms with Gasteiger partial charge in [0.2, 0.25) is 0 Å². The number of rotatable bonds is 2. The monoisotopic (exact) mass is 424 g/mol. The molecule has 0 amide bonds. The molecule has 0 spiro atoms. The first-order chi connectivity index (χ1) is 13.6. The number of H-pyrrole nitrogens is 2. The molecule has 3 aromatic rings. The third kappa shape index (κ3) is 4.25. The van der Waals surface area contributed by atoms with Crippen molar-refractivity contribution in [3.63, 3.8) is 0 Å². The van der Waals surface area contributed by atoms with E-state index in [9.17, 15) is 0 Å². The summed E-state index contributed by atoms with van der Waals surface area (Å²) in [7, 11) is 0. The number of hydrogen-bond acceptors (Lipinski definition) is 2. The molecule has 2 aliphatic heterocycles. The van der Waals surface area contributed by atoms with Crippen LogP contribution in [0.3, 0.4) is 0 Å². The normalized spacial score (nSPS) is 12.4. The summed E-state index contributed by atoms with van der Waals surface area (Å²) in [5.41, 5.74) is 9.38. The van der Waals surface area contributed by atoms with Gasteiger partial charge in [-0.25, -0.2) is 9.97 Å². The summed E-state index contributed by atoms with van der Waals surface area (Å²) in [4.78, 5) is 16.4. The van der Waals surface area contributed by atoms with Gasteiger partial charge in [0.1, 0.15) is 0 Å². The second-order valence-corrected chi connectivity index (χ2v) is 7.80. The van der Waals surface area contributed by atoms with Crippen molar-refractivity contribution in [3.8, 4) is 0 Å². The van der Waals surface area contributed by atoms with Crippen LogP contribution in [0.5, 0.6) is 0 Å². The Labute approximate surface area is 179 Å². The van der Waals surface area contributed by atoms with Crippen LogP contribution >= 0.6 is 0 Å². The Bertz CT molecular complexity index is 1270. The Morgan fingerprint density at radius 1 is 0.690 bits per heavy atom. The minimum atomic E-state index is 0.